The number of carbonyl (C=O) groups is 2. The van der Waals surface area contributed by atoms with Gasteiger partial charge in [-0.25, -0.2) is 14.5 Å². The van der Waals surface area contributed by atoms with Gasteiger partial charge in [0, 0.05) is 16.6 Å². The summed E-state index contributed by atoms with van der Waals surface area (Å²) in [6.45, 7) is 3.32. The number of anilines is 1. The molecule has 1 aliphatic rings. The number of nitrogens with one attached hydrogen (secondary N) is 2. The monoisotopic (exact) mass is 440 g/mol. The van der Waals surface area contributed by atoms with E-state index in [2.05, 4.69) is 15.4 Å². The molecule has 0 amide bonds. The van der Waals surface area contributed by atoms with Crippen LogP contribution in [-0.4, -0.2) is 34.0 Å². The Hall–Kier alpha value is -4.46. The molecule has 0 radical (unpaired) electrons. The van der Waals surface area contributed by atoms with Gasteiger partial charge in [-0.3, -0.25) is 14.7 Å². The molecule has 4 aromatic rings. The first-order chi connectivity index (χ1) is 16.0. The van der Waals surface area contributed by atoms with E-state index in [-0.39, 0.29) is 29.5 Å². The molecule has 164 valence electrons. The van der Waals surface area contributed by atoms with Crippen LogP contribution in [0.5, 0.6) is 0 Å². The number of benzene rings is 3. The summed E-state index contributed by atoms with van der Waals surface area (Å²) in [5, 5.41) is 8.04. The minimum atomic E-state index is -0.662. The molecule has 0 saturated heterocycles. The third kappa shape index (κ3) is 3.41. The van der Waals surface area contributed by atoms with E-state index in [1.807, 2.05) is 36.4 Å². The molecule has 3 aromatic carbocycles. The molecule has 0 bridgehead atoms. The van der Waals surface area contributed by atoms with Crippen LogP contribution in [0.4, 0.5) is 11.4 Å². The van der Waals surface area contributed by atoms with Gasteiger partial charge in [0.1, 0.15) is 11.4 Å². The van der Waals surface area contributed by atoms with Crippen LogP contribution in [0.25, 0.3) is 16.5 Å². The van der Waals surface area contributed by atoms with Gasteiger partial charge in [-0.1, -0.05) is 24.3 Å². The number of amidine groups is 1. The zero-order valence-electron chi connectivity index (χ0n) is 18.0. The van der Waals surface area contributed by atoms with Gasteiger partial charge in [0.2, 0.25) is 0 Å². The van der Waals surface area contributed by atoms with Crippen LogP contribution < -0.4 is 10.9 Å². The van der Waals surface area contributed by atoms with Crippen molar-refractivity contribution in [2.24, 2.45) is 4.99 Å². The number of hydrogen-bond donors (Lipinski definition) is 2. The second-order valence-corrected chi connectivity index (χ2v) is 7.59. The Labute approximate surface area is 188 Å². The summed E-state index contributed by atoms with van der Waals surface area (Å²) in [5.74, 6) is -0.489. The van der Waals surface area contributed by atoms with Gasteiger partial charge in [0.25, 0.3) is 5.56 Å². The fourth-order valence-electron chi connectivity index (χ4n) is 3.95. The van der Waals surface area contributed by atoms with Gasteiger partial charge >= 0.3 is 5.97 Å². The highest BCUT2D eigenvalue weighted by Gasteiger charge is 2.28. The fraction of sp³-hybridized carbons (Fsp3) is 0.120. The van der Waals surface area contributed by atoms with E-state index >= 15 is 0 Å². The molecule has 2 N–H and O–H groups in total. The summed E-state index contributed by atoms with van der Waals surface area (Å²) in [4.78, 5) is 42.5. The van der Waals surface area contributed by atoms with Gasteiger partial charge in [0.15, 0.2) is 11.5 Å². The maximum absolute atomic E-state index is 13.5. The first kappa shape index (κ1) is 20.4. The van der Waals surface area contributed by atoms with Gasteiger partial charge in [-0.2, -0.15) is 0 Å². The predicted octanol–water partition coefficient (Wildman–Crippen LogP) is 4.20. The number of esters is 1. The highest BCUT2D eigenvalue weighted by molar-refractivity contribution is 6.21. The van der Waals surface area contributed by atoms with Crippen molar-refractivity contribution in [3.8, 4) is 5.69 Å². The van der Waals surface area contributed by atoms with Crippen molar-refractivity contribution in [1.82, 2.24) is 9.78 Å². The van der Waals surface area contributed by atoms with Crippen LogP contribution >= 0.6 is 0 Å². The van der Waals surface area contributed by atoms with Gasteiger partial charge < -0.3 is 10.1 Å². The van der Waals surface area contributed by atoms with E-state index in [9.17, 15) is 14.4 Å². The molecule has 8 nitrogen and oxygen atoms in total. The largest absolute Gasteiger partial charge is 0.461 e. The number of ether oxygens (including phenoxy) is 1. The van der Waals surface area contributed by atoms with Gasteiger partial charge in [-0.15, -0.1) is 0 Å². The van der Waals surface area contributed by atoms with Crippen molar-refractivity contribution < 1.29 is 14.3 Å². The van der Waals surface area contributed by atoms with Crippen LogP contribution in [0.3, 0.4) is 0 Å². The molecular weight excluding hydrogens is 420 g/mol. The summed E-state index contributed by atoms with van der Waals surface area (Å²) in [6.07, 6.45) is 0. The zero-order chi connectivity index (χ0) is 23.1. The number of aliphatic imine (C=N–C) groups is 1. The molecule has 0 aliphatic carbocycles. The Morgan fingerprint density at radius 2 is 1.76 bits per heavy atom. The number of aromatic nitrogens is 2. The van der Waals surface area contributed by atoms with Crippen molar-refractivity contribution >= 4 is 39.7 Å². The van der Waals surface area contributed by atoms with E-state index in [0.717, 1.165) is 16.5 Å². The first-order valence-electron chi connectivity index (χ1n) is 10.5. The molecule has 0 unspecified atom stereocenters. The Morgan fingerprint density at radius 3 is 2.45 bits per heavy atom. The van der Waals surface area contributed by atoms with E-state index in [1.165, 1.54) is 11.6 Å². The van der Waals surface area contributed by atoms with Crippen LogP contribution in [-0.2, 0) is 4.74 Å². The highest BCUT2D eigenvalue weighted by Crippen LogP contribution is 2.36. The molecule has 0 fully saturated rings. The van der Waals surface area contributed by atoms with Gasteiger partial charge in [-0.05, 0) is 55.6 Å². The molecule has 0 spiro atoms. The van der Waals surface area contributed by atoms with Crippen molar-refractivity contribution in [3.05, 3.63) is 87.8 Å². The van der Waals surface area contributed by atoms with Crippen molar-refractivity contribution in [2.75, 3.05) is 11.9 Å². The minimum Gasteiger partial charge on any atom is -0.461 e. The first-order valence-corrected chi connectivity index (χ1v) is 10.5. The minimum absolute atomic E-state index is 0.00435. The number of ketones is 1. The van der Waals surface area contributed by atoms with E-state index in [0.29, 0.717) is 16.9 Å². The Morgan fingerprint density at radius 1 is 1.03 bits per heavy atom. The predicted molar refractivity (Wildman–Crippen MR) is 126 cm³/mol. The molecule has 8 heteroatoms. The topological polar surface area (TPSA) is 106 Å². The average Bonchev–Trinajstić information content (AvgIpc) is 3.17. The summed E-state index contributed by atoms with van der Waals surface area (Å²) in [5.41, 5.74) is 2.09. The van der Waals surface area contributed by atoms with Crippen molar-refractivity contribution in [1.29, 1.82) is 0 Å². The zero-order valence-corrected chi connectivity index (χ0v) is 18.0. The van der Waals surface area contributed by atoms with E-state index < -0.39 is 11.5 Å². The lowest BCUT2D eigenvalue weighted by Crippen LogP contribution is -2.27. The summed E-state index contributed by atoms with van der Waals surface area (Å²) >= 11 is 0. The van der Waals surface area contributed by atoms with Crippen LogP contribution in [0.15, 0.2) is 70.5 Å². The lowest BCUT2D eigenvalue weighted by atomic mass is 10.0. The highest BCUT2D eigenvalue weighted by atomic mass is 16.5. The molecule has 0 atom stereocenters. The maximum atomic E-state index is 13.5. The molecule has 0 saturated carbocycles. The Balaban J connectivity index is 1.69. The number of H-pyrrole nitrogens is 1. The lowest BCUT2D eigenvalue weighted by molar-refractivity contribution is 0.0518. The average molecular weight is 440 g/mol. The normalized spacial score (nSPS) is 12.2. The quantitative estimate of drug-likeness (QED) is 0.357. The number of hydrogen-bond acceptors (Lipinski definition) is 6. The van der Waals surface area contributed by atoms with Crippen LogP contribution in [0.1, 0.15) is 40.3 Å². The standard InChI is InChI=1S/C25H20N4O4/c1-3-33-25(32)22-21(24(31)29(28-22)17-12-10-15(11-13-17)14(2)30)23-26-18-8-4-6-16-7-5-9-19(27-23)20(16)18/h4-13,28H,3H2,1-2H3,(H,26,27). The summed E-state index contributed by atoms with van der Waals surface area (Å²) in [6, 6.07) is 18.1. The lowest BCUT2D eigenvalue weighted by Gasteiger charge is -2.18. The molecule has 1 aliphatic heterocycles. The number of rotatable bonds is 5. The van der Waals surface area contributed by atoms with Gasteiger partial charge in [0.05, 0.1) is 18.0 Å². The number of aromatic amines is 1. The second-order valence-electron chi connectivity index (χ2n) is 7.59. The molecular formula is C25H20N4O4. The van der Waals surface area contributed by atoms with E-state index in [1.54, 1.807) is 31.2 Å². The fourth-order valence-corrected chi connectivity index (χ4v) is 3.95. The van der Waals surface area contributed by atoms with E-state index in [4.69, 9.17) is 4.74 Å². The second kappa shape index (κ2) is 7.90. The molecule has 33 heavy (non-hydrogen) atoms. The summed E-state index contributed by atoms with van der Waals surface area (Å²) < 4.78 is 6.44. The van der Waals surface area contributed by atoms with Crippen molar-refractivity contribution in [2.45, 2.75) is 13.8 Å². The number of Topliss-reactive ketones (excluding diaryl/α,β-unsaturated/α-hetero) is 1. The van der Waals surface area contributed by atoms with Crippen LogP contribution in [0, 0.1) is 0 Å². The maximum Gasteiger partial charge on any atom is 0.357 e. The van der Waals surface area contributed by atoms with Crippen molar-refractivity contribution in [3.63, 3.8) is 0 Å². The third-order valence-electron chi connectivity index (χ3n) is 5.51. The smallest absolute Gasteiger partial charge is 0.357 e. The molecule has 2 heterocycles. The summed E-state index contributed by atoms with van der Waals surface area (Å²) in [7, 11) is 0. The Bertz CT molecular complexity index is 1500. The molecule has 1 aromatic heterocycles. The number of carbonyl (C=O) groups excluding carboxylic acids is 2. The number of nitrogens with zero attached hydrogens (tertiary/aromatic N) is 2. The van der Waals surface area contributed by atoms with Crippen LogP contribution in [0.2, 0.25) is 0 Å². The molecule has 5 rings (SSSR count). The SMILES string of the molecule is CCOC(=O)c1[nH]n(-c2ccc(C(C)=O)cc2)c(=O)c1C1=Nc2cccc3cccc(c23)N1. The Kier molecular flexibility index (Phi) is 4.90. The third-order valence-corrected chi connectivity index (χ3v) is 5.51.